The van der Waals surface area contributed by atoms with E-state index in [4.69, 9.17) is 11.6 Å². The molecule has 0 fully saturated rings. The third-order valence-corrected chi connectivity index (χ3v) is 5.14. The first-order valence-corrected chi connectivity index (χ1v) is 9.46. The molecule has 0 aliphatic heterocycles. The molecule has 2 aromatic carbocycles. The molecule has 0 saturated heterocycles. The van der Waals surface area contributed by atoms with Gasteiger partial charge in [-0.15, -0.1) is 0 Å². The quantitative estimate of drug-likeness (QED) is 0.439. The highest BCUT2D eigenvalue weighted by Gasteiger charge is 2.20. The van der Waals surface area contributed by atoms with Crippen LogP contribution in [-0.4, -0.2) is 20.3 Å². The van der Waals surface area contributed by atoms with E-state index in [0.29, 0.717) is 27.7 Å². The van der Waals surface area contributed by atoms with Gasteiger partial charge in [0.2, 0.25) is 0 Å². The number of nitrogens with zero attached hydrogens (tertiary/aromatic N) is 3. The monoisotopic (exact) mass is 398 g/mol. The minimum Gasteiger partial charge on any atom is -0.320 e. The fourth-order valence-electron chi connectivity index (χ4n) is 3.45. The Hall–Kier alpha value is -3.70. The number of rotatable bonds is 3. The number of anilines is 1. The number of pyridine rings is 2. The summed E-state index contributed by atoms with van der Waals surface area (Å²) in [5.74, 6) is 0.342. The summed E-state index contributed by atoms with van der Waals surface area (Å²) in [6.07, 6.45) is 5.35. The number of amides is 1. The van der Waals surface area contributed by atoms with Crippen LogP contribution >= 0.6 is 11.6 Å². The second-order valence-corrected chi connectivity index (χ2v) is 6.98. The number of benzene rings is 2. The number of hydrogen-bond acceptors (Lipinski definition) is 3. The summed E-state index contributed by atoms with van der Waals surface area (Å²) in [5.41, 5.74) is 2.53. The highest BCUT2D eigenvalue weighted by atomic mass is 35.5. The standard InChI is InChI=1S/C23H15ClN4O/c24-18-8-2-1-7-17(18)22-27-21(20-10-3-4-13-28(20)22)23(29)26-19-9-5-6-15-14-25-12-11-16(15)19/h1-14H,(H,26,29). The van der Waals surface area contributed by atoms with Crippen molar-refractivity contribution in [1.29, 1.82) is 0 Å². The van der Waals surface area contributed by atoms with Crippen LogP contribution in [0.3, 0.4) is 0 Å². The van der Waals surface area contributed by atoms with Crippen LogP contribution in [0.1, 0.15) is 10.5 Å². The van der Waals surface area contributed by atoms with Gasteiger partial charge in [0, 0.05) is 40.6 Å². The van der Waals surface area contributed by atoms with Gasteiger partial charge < -0.3 is 5.32 Å². The molecule has 5 nitrogen and oxygen atoms in total. The molecule has 3 heterocycles. The molecule has 29 heavy (non-hydrogen) atoms. The summed E-state index contributed by atoms with van der Waals surface area (Å²) < 4.78 is 1.88. The molecule has 0 unspecified atom stereocenters. The summed E-state index contributed by atoms with van der Waals surface area (Å²) in [4.78, 5) is 22.0. The van der Waals surface area contributed by atoms with Crippen LogP contribution in [0.5, 0.6) is 0 Å². The van der Waals surface area contributed by atoms with Crippen LogP contribution in [0.15, 0.2) is 85.3 Å². The summed E-state index contributed by atoms with van der Waals surface area (Å²) in [5, 5.41) is 5.45. The zero-order valence-corrected chi connectivity index (χ0v) is 16.0. The lowest BCUT2D eigenvalue weighted by molar-refractivity contribution is 0.102. The molecule has 1 amide bonds. The Morgan fingerprint density at radius 3 is 2.72 bits per heavy atom. The third kappa shape index (κ3) is 3.02. The van der Waals surface area contributed by atoms with Crippen LogP contribution in [-0.2, 0) is 0 Å². The molecule has 3 aromatic heterocycles. The van der Waals surface area contributed by atoms with Crippen molar-refractivity contribution in [3.63, 3.8) is 0 Å². The molecule has 6 heteroatoms. The number of nitrogens with one attached hydrogen (secondary N) is 1. The normalized spacial score (nSPS) is 11.1. The number of fused-ring (bicyclic) bond motifs is 2. The van der Waals surface area contributed by atoms with Crippen molar-refractivity contribution in [3.05, 3.63) is 96.0 Å². The SMILES string of the molecule is O=C(Nc1cccc2cnccc12)c1nc(-c2ccccc2Cl)n2ccccc12. The van der Waals surface area contributed by atoms with Gasteiger partial charge in [0.15, 0.2) is 5.69 Å². The maximum Gasteiger partial charge on any atom is 0.276 e. The Balaban J connectivity index is 1.62. The van der Waals surface area contributed by atoms with E-state index in [2.05, 4.69) is 15.3 Å². The minimum atomic E-state index is -0.281. The van der Waals surface area contributed by atoms with Crippen molar-refractivity contribution in [2.75, 3.05) is 5.32 Å². The minimum absolute atomic E-state index is 0.281. The van der Waals surface area contributed by atoms with Gasteiger partial charge in [0.1, 0.15) is 5.82 Å². The van der Waals surface area contributed by atoms with Gasteiger partial charge in [0.05, 0.1) is 10.5 Å². The average molecular weight is 399 g/mol. The highest BCUT2D eigenvalue weighted by molar-refractivity contribution is 6.33. The molecule has 0 radical (unpaired) electrons. The Kier molecular flexibility index (Phi) is 4.22. The smallest absolute Gasteiger partial charge is 0.276 e. The molecule has 0 spiro atoms. The molecule has 1 N–H and O–H groups in total. The number of carbonyl (C=O) groups excluding carboxylic acids is 1. The van der Waals surface area contributed by atoms with E-state index in [1.807, 2.05) is 77.3 Å². The average Bonchev–Trinajstić information content (AvgIpc) is 3.14. The first-order chi connectivity index (χ1) is 14.2. The Bertz CT molecular complexity index is 1370. The zero-order chi connectivity index (χ0) is 19.8. The van der Waals surface area contributed by atoms with E-state index in [9.17, 15) is 4.79 Å². The number of imidazole rings is 1. The van der Waals surface area contributed by atoms with E-state index in [1.54, 1.807) is 12.4 Å². The Morgan fingerprint density at radius 1 is 0.966 bits per heavy atom. The maximum absolute atomic E-state index is 13.2. The molecular formula is C23H15ClN4O. The molecule has 0 saturated carbocycles. The zero-order valence-electron chi connectivity index (χ0n) is 15.2. The molecule has 0 aliphatic carbocycles. The molecule has 0 bridgehead atoms. The van der Waals surface area contributed by atoms with Gasteiger partial charge in [-0.25, -0.2) is 4.98 Å². The van der Waals surface area contributed by atoms with Crippen molar-refractivity contribution >= 4 is 39.5 Å². The molecule has 5 aromatic rings. The van der Waals surface area contributed by atoms with Gasteiger partial charge in [0.25, 0.3) is 5.91 Å². The molecule has 5 rings (SSSR count). The van der Waals surface area contributed by atoms with Gasteiger partial charge in [-0.1, -0.05) is 41.9 Å². The van der Waals surface area contributed by atoms with Gasteiger partial charge in [-0.05, 0) is 36.4 Å². The number of aromatic nitrogens is 3. The maximum atomic E-state index is 13.2. The van der Waals surface area contributed by atoms with Gasteiger partial charge >= 0.3 is 0 Å². The van der Waals surface area contributed by atoms with Crippen LogP contribution in [0.4, 0.5) is 5.69 Å². The fraction of sp³-hybridized carbons (Fsp3) is 0. The summed E-state index contributed by atoms with van der Waals surface area (Å²) in [6.45, 7) is 0. The molecular weight excluding hydrogens is 384 g/mol. The van der Waals surface area contributed by atoms with E-state index >= 15 is 0 Å². The highest BCUT2D eigenvalue weighted by Crippen LogP contribution is 2.29. The molecule has 140 valence electrons. The van der Waals surface area contributed by atoms with Crippen molar-refractivity contribution in [1.82, 2.24) is 14.4 Å². The fourth-order valence-corrected chi connectivity index (χ4v) is 3.67. The van der Waals surface area contributed by atoms with Gasteiger partial charge in [-0.3, -0.25) is 14.2 Å². The molecule has 0 aliphatic rings. The Morgan fingerprint density at radius 2 is 1.83 bits per heavy atom. The van der Waals surface area contributed by atoms with Crippen LogP contribution < -0.4 is 5.32 Å². The molecule has 0 atom stereocenters. The number of halogens is 1. The summed E-state index contributed by atoms with van der Waals surface area (Å²) in [7, 11) is 0. The largest absolute Gasteiger partial charge is 0.320 e. The van der Waals surface area contributed by atoms with Crippen molar-refractivity contribution in [2.24, 2.45) is 0 Å². The van der Waals surface area contributed by atoms with Crippen molar-refractivity contribution < 1.29 is 4.79 Å². The summed E-state index contributed by atoms with van der Waals surface area (Å²) in [6, 6.07) is 20.7. The van der Waals surface area contributed by atoms with Gasteiger partial charge in [-0.2, -0.15) is 0 Å². The van der Waals surface area contributed by atoms with E-state index in [0.717, 1.165) is 16.3 Å². The second kappa shape index (κ2) is 7.04. The van der Waals surface area contributed by atoms with Crippen LogP contribution in [0, 0.1) is 0 Å². The second-order valence-electron chi connectivity index (χ2n) is 6.58. The lowest BCUT2D eigenvalue weighted by Crippen LogP contribution is -2.13. The lowest BCUT2D eigenvalue weighted by atomic mass is 10.1. The first kappa shape index (κ1) is 17.4. The van der Waals surface area contributed by atoms with Crippen molar-refractivity contribution in [2.45, 2.75) is 0 Å². The van der Waals surface area contributed by atoms with Crippen LogP contribution in [0.25, 0.3) is 27.7 Å². The Labute approximate surface area is 171 Å². The van der Waals surface area contributed by atoms with E-state index in [1.165, 1.54) is 0 Å². The van der Waals surface area contributed by atoms with E-state index in [-0.39, 0.29) is 5.91 Å². The third-order valence-electron chi connectivity index (χ3n) is 4.81. The number of carbonyl (C=O) groups is 1. The van der Waals surface area contributed by atoms with E-state index < -0.39 is 0 Å². The predicted octanol–water partition coefficient (Wildman–Crippen LogP) is 5.46. The van der Waals surface area contributed by atoms with Crippen LogP contribution in [0.2, 0.25) is 5.02 Å². The lowest BCUT2D eigenvalue weighted by Gasteiger charge is -2.07. The number of hydrogen-bond donors (Lipinski definition) is 1. The van der Waals surface area contributed by atoms with Crippen molar-refractivity contribution in [3.8, 4) is 11.4 Å². The first-order valence-electron chi connectivity index (χ1n) is 9.08. The summed E-state index contributed by atoms with van der Waals surface area (Å²) >= 11 is 6.38. The topological polar surface area (TPSA) is 59.3 Å². The predicted molar refractivity (Wildman–Crippen MR) is 115 cm³/mol.